The number of halogens is 1. The van der Waals surface area contributed by atoms with Crippen molar-refractivity contribution >= 4 is 18.7 Å². The molecule has 1 aromatic heterocycles. The second-order valence-corrected chi connectivity index (χ2v) is 8.34. The summed E-state index contributed by atoms with van der Waals surface area (Å²) < 4.78 is 28.8. The molecule has 154 valence electrons. The molecule has 0 spiro atoms. The van der Waals surface area contributed by atoms with Crippen LogP contribution in [0.2, 0.25) is 0 Å². The van der Waals surface area contributed by atoms with Crippen LogP contribution in [0.15, 0.2) is 30.1 Å². The van der Waals surface area contributed by atoms with Crippen LogP contribution in [0.1, 0.15) is 54.9 Å². The number of hydrogen-bond donors (Lipinski definition) is 1. The molecule has 0 bridgehead atoms. The standard InChI is InChI=1S/C20H25BFN3O4/c1-12-7-8-13(2)14(9-12)15(10-25-11-16(18(26)27)23-24-25)17(22)21-28-19(3,4)20(5,6)29-21/h7-9,11H,10H2,1-6H3,(H,26,27). The molecule has 1 aromatic carbocycles. The minimum absolute atomic E-state index is 0.0134. The highest BCUT2D eigenvalue weighted by Crippen LogP contribution is 2.40. The zero-order chi connectivity index (χ0) is 21.6. The molecule has 0 aliphatic carbocycles. The van der Waals surface area contributed by atoms with Gasteiger partial charge in [-0.1, -0.05) is 29.0 Å². The van der Waals surface area contributed by atoms with Crippen LogP contribution in [0.4, 0.5) is 4.39 Å². The van der Waals surface area contributed by atoms with Gasteiger partial charge < -0.3 is 14.4 Å². The summed E-state index contributed by atoms with van der Waals surface area (Å²) in [6.45, 7) is 11.2. The first kappa shape index (κ1) is 21.2. The predicted octanol–water partition coefficient (Wildman–Crippen LogP) is 3.61. The average molecular weight is 401 g/mol. The first-order valence-corrected chi connectivity index (χ1v) is 9.36. The van der Waals surface area contributed by atoms with Gasteiger partial charge in [0.05, 0.1) is 23.9 Å². The summed E-state index contributed by atoms with van der Waals surface area (Å²) >= 11 is 0. The van der Waals surface area contributed by atoms with Crippen LogP contribution in [0, 0.1) is 13.8 Å². The summed E-state index contributed by atoms with van der Waals surface area (Å²) in [7, 11) is -1.17. The van der Waals surface area contributed by atoms with Crippen molar-refractivity contribution in [2.24, 2.45) is 0 Å². The van der Waals surface area contributed by atoms with Crippen LogP contribution in [0.5, 0.6) is 0 Å². The Kier molecular flexibility index (Phi) is 5.40. The van der Waals surface area contributed by atoms with Crippen LogP contribution in [-0.2, 0) is 15.9 Å². The molecule has 9 heteroatoms. The van der Waals surface area contributed by atoms with Gasteiger partial charge in [0.2, 0.25) is 0 Å². The Balaban J connectivity index is 2.08. The van der Waals surface area contributed by atoms with Crippen molar-refractivity contribution in [2.45, 2.75) is 59.3 Å². The lowest BCUT2D eigenvalue weighted by molar-refractivity contribution is 0.00578. The Bertz CT molecular complexity index is 968. The molecule has 2 heterocycles. The molecule has 1 N–H and O–H groups in total. The van der Waals surface area contributed by atoms with Gasteiger partial charge in [0, 0.05) is 5.57 Å². The van der Waals surface area contributed by atoms with Gasteiger partial charge in [-0.05, 0) is 52.7 Å². The number of aromatic nitrogens is 3. The molecule has 3 rings (SSSR count). The monoisotopic (exact) mass is 401 g/mol. The lowest BCUT2D eigenvalue weighted by atomic mass is 9.81. The normalized spacial score (nSPS) is 18.7. The predicted molar refractivity (Wildman–Crippen MR) is 107 cm³/mol. The number of carboxylic acids is 1. The van der Waals surface area contributed by atoms with E-state index in [1.807, 2.05) is 59.7 Å². The van der Waals surface area contributed by atoms with Crippen molar-refractivity contribution in [3.63, 3.8) is 0 Å². The van der Waals surface area contributed by atoms with Crippen LogP contribution < -0.4 is 0 Å². The SMILES string of the molecule is Cc1ccc(C)c(C(Cn2cc(C(=O)O)nn2)=C(F)B2OC(C)(C)C(C)(C)O2)c1. The minimum Gasteiger partial charge on any atom is -0.476 e. The fraction of sp³-hybridized carbons (Fsp3) is 0.450. The molecular formula is C20H25BFN3O4. The Morgan fingerprint density at radius 3 is 2.38 bits per heavy atom. The van der Waals surface area contributed by atoms with Crippen molar-refractivity contribution in [1.82, 2.24) is 15.0 Å². The number of allylic oxidation sites excluding steroid dienone is 1. The lowest BCUT2D eigenvalue weighted by Crippen LogP contribution is -2.41. The summed E-state index contributed by atoms with van der Waals surface area (Å²) in [5.74, 6) is -1.19. The van der Waals surface area contributed by atoms with E-state index in [2.05, 4.69) is 10.3 Å². The van der Waals surface area contributed by atoms with E-state index in [9.17, 15) is 4.79 Å². The number of carbonyl (C=O) groups is 1. The van der Waals surface area contributed by atoms with Gasteiger partial charge >= 0.3 is 13.1 Å². The molecule has 0 amide bonds. The van der Waals surface area contributed by atoms with E-state index in [0.717, 1.165) is 11.1 Å². The molecule has 0 radical (unpaired) electrons. The third-order valence-corrected chi connectivity index (χ3v) is 5.54. The number of aryl methyl sites for hydroxylation is 2. The molecule has 1 fully saturated rings. The van der Waals surface area contributed by atoms with Crippen molar-refractivity contribution in [3.05, 3.63) is 52.5 Å². The van der Waals surface area contributed by atoms with Crippen LogP contribution in [0.25, 0.3) is 5.57 Å². The van der Waals surface area contributed by atoms with E-state index in [4.69, 9.17) is 14.4 Å². The van der Waals surface area contributed by atoms with Gasteiger partial charge in [-0.3, -0.25) is 0 Å². The first-order chi connectivity index (χ1) is 13.4. The van der Waals surface area contributed by atoms with E-state index in [1.54, 1.807) is 0 Å². The fourth-order valence-electron chi connectivity index (χ4n) is 3.07. The van der Waals surface area contributed by atoms with E-state index < -0.39 is 30.0 Å². The van der Waals surface area contributed by atoms with Gasteiger partial charge in [0.1, 0.15) is 5.73 Å². The summed E-state index contributed by atoms with van der Waals surface area (Å²) in [6.07, 6.45) is 1.27. The number of nitrogens with zero attached hydrogens (tertiary/aromatic N) is 3. The number of aromatic carboxylic acids is 1. The summed E-state index contributed by atoms with van der Waals surface area (Å²) in [5.41, 5.74) is 0.685. The maximum absolute atomic E-state index is 15.8. The van der Waals surface area contributed by atoms with E-state index in [1.165, 1.54) is 10.9 Å². The smallest absolute Gasteiger partial charge is 0.476 e. The molecule has 0 atom stereocenters. The largest absolute Gasteiger partial charge is 0.525 e. The maximum atomic E-state index is 15.8. The summed E-state index contributed by atoms with van der Waals surface area (Å²) in [4.78, 5) is 11.1. The van der Waals surface area contributed by atoms with E-state index >= 15 is 4.39 Å². The zero-order valence-electron chi connectivity index (χ0n) is 17.5. The molecule has 2 aromatic rings. The summed E-state index contributed by atoms with van der Waals surface area (Å²) in [5, 5.41) is 16.5. The topological polar surface area (TPSA) is 86.5 Å². The number of hydrogen-bond acceptors (Lipinski definition) is 5. The molecule has 0 saturated carbocycles. The average Bonchev–Trinajstić information content (AvgIpc) is 3.17. The van der Waals surface area contributed by atoms with Gasteiger partial charge in [-0.2, -0.15) is 0 Å². The third-order valence-electron chi connectivity index (χ3n) is 5.54. The Morgan fingerprint density at radius 2 is 1.83 bits per heavy atom. The van der Waals surface area contributed by atoms with Crippen LogP contribution in [0.3, 0.4) is 0 Å². The van der Waals surface area contributed by atoms with Crippen molar-refractivity contribution in [2.75, 3.05) is 0 Å². The van der Waals surface area contributed by atoms with Crippen molar-refractivity contribution in [3.8, 4) is 0 Å². The van der Waals surface area contributed by atoms with Gasteiger partial charge in [0.25, 0.3) is 0 Å². The van der Waals surface area contributed by atoms with E-state index in [0.29, 0.717) is 11.1 Å². The molecule has 29 heavy (non-hydrogen) atoms. The maximum Gasteiger partial charge on any atom is 0.525 e. The van der Waals surface area contributed by atoms with Gasteiger partial charge in [-0.15, -0.1) is 5.10 Å². The zero-order valence-corrected chi connectivity index (χ0v) is 17.5. The molecule has 1 aliphatic heterocycles. The number of rotatable bonds is 5. The van der Waals surface area contributed by atoms with Gasteiger partial charge in [0.15, 0.2) is 5.69 Å². The Morgan fingerprint density at radius 1 is 1.21 bits per heavy atom. The number of benzene rings is 1. The minimum atomic E-state index is -1.19. The van der Waals surface area contributed by atoms with Crippen LogP contribution >= 0.6 is 0 Å². The van der Waals surface area contributed by atoms with Crippen molar-refractivity contribution < 1.29 is 23.6 Å². The number of carboxylic acid groups (broad SMARTS) is 1. The molecule has 1 saturated heterocycles. The molecule has 0 unspecified atom stereocenters. The Hall–Kier alpha value is -2.52. The highest BCUT2D eigenvalue weighted by Gasteiger charge is 2.53. The second kappa shape index (κ2) is 7.38. The molecule has 1 aliphatic rings. The Labute approximate surface area is 169 Å². The highest BCUT2D eigenvalue weighted by atomic mass is 19.1. The van der Waals surface area contributed by atoms with Crippen LogP contribution in [-0.4, -0.2) is 44.4 Å². The quantitative estimate of drug-likeness (QED) is 0.771. The van der Waals surface area contributed by atoms with E-state index in [-0.39, 0.29) is 12.2 Å². The first-order valence-electron chi connectivity index (χ1n) is 9.36. The van der Waals surface area contributed by atoms with Crippen molar-refractivity contribution in [1.29, 1.82) is 0 Å². The summed E-state index contributed by atoms with van der Waals surface area (Å²) in [6, 6.07) is 5.73. The third kappa shape index (κ3) is 4.11. The highest BCUT2D eigenvalue weighted by molar-refractivity contribution is 6.55. The molecular weight excluding hydrogens is 376 g/mol. The molecule has 7 nitrogen and oxygen atoms in total. The van der Waals surface area contributed by atoms with Gasteiger partial charge in [-0.25, -0.2) is 13.9 Å². The fourth-order valence-corrected chi connectivity index (χ4v) is 3.07. The lowest BCUT2D eigenvalue weighted by Gasteiger charge is -2.32. The second-order valence-electron chi connectivity index (χ2n) is 8.34.